The Balaban J connectivity index is 1.49. The predicted molar refractivity (Wildman–Crippen MR) is 67.5 cm³/mol. The van der Waals surface area contributed by atoms with Crippen molar-refractivity contribution in [1.29, 1.82) is 0 Å². The molecule has 0 bridgehead atoms. The Morgan fingerprint density at radius 3 is 2.12 bits per heavy atom. The lowest BCUT2D eigenvalue weighted by Gasteiger charge is -2.27. The first-order valence-corrected chi connectivity index (χ1v) is 7.35. The Bertz CT molecular complexity index is 209. The zero-order valence-electron chi connectivity index (χ0n) is 10.5. The van der Waals surface area contributed by atoms with Crippen LogP contribution in [0.25, 0.3) is 0 Å². The molecule has 0 spiro atoms. The van der Waals surface area contributed by atoms with Crippen molar-refractivity contribution in [1.82, 2.24) is 10.2 Å². The molecule has 2 nitrogen and oxygen atoms in total. The van der Waals surface area contributed by atoms with Gasteiger partial charge < -0.3 is 10.2 Å². The standard InChI is InChI=1S/C14H26N2/c1-2-4-14-11-16(10-13(14)3-1)9-12-5-7-15-8-6-12/h12-15H,1-11H2/t13-,14+. The summed E-state index contributed by atoms with van der Waals surface area (Å²) in [5.74, 6) is 3.12. The Morgan fingerprint density at radius 1 is 0.875 bits per heavy atom. The summed E-state index contributed by atoms with van der Waals surface area (Å²) in [4.78, 5) is 2.79. The SMILES string of the molecule is C1CC[C@H]2CN(CC3CCNCC3)C[C@H]2C1. The summed E-state index contributed by atoms with van der Waals surface area (Å²) in [5, 5.41) is 3.47. The number of rotatable bonds is 2. The second-order valence-electron chi connectivity index (χ2n) is 6.22. The van der Waals surface area contributed by atoms with Crippen molar-refractivity contribution in [3.63, 3.8) is 0 Å². The number of fused-ring (bicyclic) bond motifs is 1. The first-order valence-electron chi connectivity index (χ1n) is 7.35. The molecule has 3 fully saturated rings. The van der Waals surface area contributed by atoms with Gasteiger partial charge in [-0.3, -0.25) is 0 Å². The van der Waals surface area contributed by atoms with Crippen LogP contribution in [0, 0.1) is 17.8 Å². The Morgan fingerprint density at radius 2 is 1.50 bits per heavy atom. The van der Waals surface area contributed by atoms with Crippen molar-refractivity contribution >= 4 is 0 Å². The quantitative estimate of drug-likeness (QED) is 0.770. The third kappa shape index (κ3) is 2.43. The Hall–Kier alpha value is -0.0800. The third-order valence-corrected chi connectivity index (χ3v) is 5.03. The molecule has 1 saturated carbocycles. The second-order valence-corrected chi connectivity index (χ2v) is 6.22. The van der Waals surface area contributed by atoms with Crippen LogP contribution in [0.5, 0.6) is 0 Å². The van der Waals surface area contributed by atoms with Gasteiger partial charge in [0.25, 0.3) is 0 Å². The molecule has 0 aromatic carbocycles. The fraction of sp³-hybridized carbons (Fsp3) is 1.00. The van der Waals surface area contributed by atoms with Crippen LogP contribution in [0.3, 0.4) is 0 Å². The topological polar surface area (TPSA) is 15.3 Å². The molecule has 3 rings (SSSR count). The highest BCUT2D eigenvalue weighted by Gasteiger charge is 2.34. The van der Waals surface area contributed by atoms with E-state index in [1.54, 1.807) is 0 Å². The fourth-order valence-corrected chi connectivity index (χ4v) is 4.08. The number of hydrogen-bond acceptors (Lipinski definition) is 2. The Kier molecular flexibility index (Phi) is 3.49. The monoisotopic (exact) mass is 222 g/mol. The molecule has 0 radical (unpaired) electrons. The van der Waals surface area contributed by atoms with Crippen LogP contribution in [-0.4, -0.2) is 37.6 Å². The van der Waals surface area contributed by atoms with Gasteiger partial charge >= 0.3 is 0 Å². The number of hydrogen-bond donors (Lipinski definition) is 1. The minimum Gasteiger partial charge on any atom is -0.317 e. The zero-order chi connectivity index (χ0) is 10.8. The highest BCUT2D eigenvalue weighted by Crippen LogP contribution is 2.36. The van der Waals surface area contributed by atoms with Crippen molar-refractivity contribution in [2.75, 3.05) is 32.7 Å². The van der Waals surface area contributed by atoms with Crippen LogP contribution in [0.1, 0.15) is 38.5 Å². The van der Waals surface area contributed by atoms with Crippen LogP contribution in [0.2, 0.25) is 0 Å². The summed E-state index contributed by atoms with van der Waals surface area (Å²) in [6.07, 6.45) is 8.86. The van der Waals surface area contributed by atoms with Gasteiger partial charge in [-0.2, -0.15) is 0 Å². The van der Waals surface area contributed by atoms with E-state index in [-0.39, 0.29) is 0 Å². The summed E-state index contributed by atoms with van der Waals surface area (Å²) in [6.45, 7) is 6.76. The number of likely N-dealkylation sites (tertiary alicyclic amines) is 1. The minimum atomic E-state index is 0.987. The number of piperidine rings is 1. The van der Waals surface area contributed by atoms with Crippen molar-refractivity contribution in [3.8, 4) is 0 Å². The van der Waals surface area contributed by atoms with Gasteiger partial charge in [0, 0.05) is 19.6 Å². The largest absolute Gasteiger partial charge is 0.317 e. The molecule has 16 heavy (non-hydrogen) atoms. The fourth-order valence-electron chi connectivity index (χ4n) is 4.08. The number of nitrogens with zero attached hydrogens (tertiary/aromatic N) is 1. The zero-order valence-corrected chi connectivity index (χ0v) is 10.5. The van der Waals surface area contributed by atoms with Crippen molar-refractivity contribution in [2.45, 2.75) is 38.5 Å². The average molecular weight is 222 g/mol. The van der Waals surface area contributed by atoms with E-state index in [0.717, 1.165) is 17.8 Å². The summed E-state index contributed by atoms with van der Waals surface area (Å²) in [6, 6.07) is 0. The summed E-state index contributed by atoms with van der Waals surface area (Å²) < 4.78 is 0. The second kappa shape index (κ2) is 5.05. The third-order valence-electron chi connectivity index (χ3n) is 5.03. The highest BCUT2D eigenvalue weighted by atomic mass is 15.2. The van der Waals surface area contributed by atoms with E-state index in [0.29, 0.717) is 0 Å². The van der Waals surface area contributed by atoms with Crippen LogP contribution in [0.15, 0.2) is 0 Å². The van der Waals surface area contributed by atoms with E-state index in [1.165, 1.54) is 71.2 Å². The molecule has 2 aliphatic heterocycles. The van der Waals surface area contributed by atoms with Crippen molar-refractivity contribution < 1.29 is 0 Å². The lowest BCUT2D eigenvalue weighted by molar-refractivity contribution is 0.232. The van der Waals surface area contributed by atoms with E-state index in [2.05, 4.69) is 10.2 Å². The minimum absolute atomic E-state index is 0.987. The lowest BCUT2D eigenvalue weighted by Crippen LogP contribution is -2.35. The van der Waals surface area contributed by atoms with Crippen molar-refractivity contribution in [3.05, 3.63) is 0 Å². The van der Waals surface area contributed by atoms with E-state index < -0.39 is 0 Å². The van der Waals surface area contributed by atoms with Crippen LogP contribution >= 0.6 is 0 Å². The molecule has 3 aliphatic rings. The normalized spacial score (nSPS) is 37.5. The first-order chi connectivity index (χ1) is 7.92. The smallest absolute Gasteiger partial charge is 0.00130 e. The molecule has 2 saturated heterocycles. The molecule has 0 aromatic rings. The molecule has 0 aromatic heterocycles. The lowest BCUT2D eigenvalue weighted by atomic mass is 9.82. The van der Waals surface area contributed by atoms with Gasteiger partial charge in [0.1, 0.15) is 0 Å². The molecule has 92 valence electrons. The molecule has 2 atom stereocenters. The summed E-state index contributed by atoms with van der Waals surface area (Å²) in [5.41, 5.74) is 0. The molecule has 0 unspecified atom stereocenters. The van der Waals surface area contributed by atoms with E-state index in [1.807, 2.05) is 0 Å². The molecule has 2 heteroatoms. The first kappa shape index (κ1) is 11.0. The van der Waals surface area contributed by atoms with Gasteiger partial charge in [-0.05, 0) is 56.5 Å². The molecule has 1 aliphatic carbocycles. The summed E-state index contributed by atoms with van der Waals surface area (Å²) in [7, 11) is 0. The average Bonchev–Trinajstić information content (AvgIpc) is 2.72. The van der Waals surface area contributed by atoms with E-state index in [9.17, 15) is 0 Å². The van der Waals surface area contributed by atoms with Gasteiger partial charge in [-0.15, -0.1) is 0 Å². The van der Waals surface area contributed by atoms with Gasteiger partial charge in [-0.25, -0.2) is 0 Å². The number of nitrogens with one attached hydrogen (secondary N) is 1. The molecule has 1 N–H and O–H groups in total. The maximum Gasteiger partial charge on any atom is 0.00130 e. The summed E-state index contributed by atoms with van der Waals surface area (Å²) >= 11 is 0. The van der Waals surface area contributed by atoms with Crippen LogP contribution in [-0.2, 0) is 0 Å². The Labute approximate surface area is 99.8 Å². The molecule has 0 amide bonds. The van der Waals surface area contributed by atoms with Crippen molar-refractivity contribution in [2.24, 2.45) is 17.8 Å². The molecular formula is C14H26N2. The molecular weight excluding hydrogens is 196 g/mol. The maximum absolute atomic E-state index is 3.47. The highest BCUT2D eigenvalue weighted by molar-refractivity contribution is 4.87. The van der Waals surface area contributed by atoms with Crippen LogP contribution in [0.4, 0.5) is 0 Å². The van der Waals surface area contributed by atoms with Crippen LogP contribution < -0.4 is 5.32 Å². The van der Waals surface area contributed by atoms with Gasteiger partial charge in [0.05, 0.1) is 0 Å². The maximum atomic E-state index is 3.47. The van der Waals surface area contributed by atoms with Gasteiger partial charge in [0.15, 0.2) is 0 Å². The van der Waals surface area contributed by atoms with E-state index in [4.69, 9.17) is 0 Å². The predicted octanol–water partition coefficient (Wildman–Crippen LogP) is 2.11. The van der Waals surface area contributed by atoms with Gasteiger partial charge in [0.2, 0.25) is 0 Å². The van der Waals surface area contributed by atoms with Gasteiger partial charge in [-0.1, -0.05) is 12.8 Å². The van der Waals surface area contributed by atoms with E-state index >= 15 is 0 Å². The molecule has 2 heterocycles.